The molecular weight excluding hydrogens is 162 g/mol. The van der Waals surface area contributed by atoms with Crippen molar-refractivity contribution < 1.29 is 4.74 Å². The van der Waals surface area contributed by atoms with Crippen molar-refractivity contribution in [3.05, 3.63) is 0 Å². The number of nitrogens with zero attached hydrogens (tertiary/aromatic N) is 1. The third kappa shape index (κ3) is 2.44. The van der Waals surface area contributed by atoms with E-state index < -0.39 is 0 Å². The Balaban J connectivity index is 1.86. The quantitative estimate of drug-likeness (QED) is 0.648. The van der Waals surface area contributed by atoms with Crippen molar-refractivity contribution in [2.45, 2.75) is 39.2 Å². The van der Waals surface area contributed by atoms with E-state index in [4.69, 9.17) is 4.74 Å². The van der Waals surface area contributed by atoms with Gasteiger partial charge >= 0.3 is 0 Å². The van der Waals surface area contributed by atoms with Crippen LogP contribution in [0.25, 0.3) is 0 Å². The van der Waals surface area contributed by atoms with Gasteiger partial charge in [0.15, 0.2) is 0 Å². The molecule has 0 amide bonds. The lowest BCUT2D eigenvalue weighted by Gasteiger charge is -2.39. The van der Waals surface area contributed by atoms with Gasteiger partial charge in [-0.15, -0.1) is 0 Å². The Morgan fingerprint density at radius 1 is 1.23 bits per heavy atom. The summed E-state index contributed by atoms with van der Waals surface area (Å²) in [5, 5.41) is 0. The van der Waals surface area contributed by atoms with E-state index in [0.717, 1.165) is 19.7 Å². The van der Waals surface area contributed by atoms with Crippen LogP contribution >= 0.6 is 0 Å². The van der Waals surface area contributed by atoms with Gasteiger partial charge in [-0.1, -0.05) is 6.92 Å². The minimum Gasteiger partial charge on any atom is -0.373 e. The van der Waals surface area contributed by atoms with Gasteiger partial charge in [-0.05, 0) is 32.1 Å². The Kier molecular flexibility index (Phi) is 2.16. The molecule has 2 rings (SSSR count). The SMILES string of the molecule is CC1(CN2CCOC(C)(C)C2)CC1. The summed E-state index contributed by atoms with van der Waals surface area (Å²) in [7, 11) is 0. The molecule has 0 atom stereocenters. The zero-order valence-electron chi connectivity index (χ0n) is 9.10. The van der Waals surface area contributed by atoms with Crippen molar-refractivity contribution >= 4 is 0 Å². The Labute approximate surface area is 81.3 Å². The lowest BCUT2D eigenvalue weighted by molar-refractivity contribution is -0.0894. The summed E-state index contributed by atoms with van der Waals surface area (Å²) in [4.78, 5) is 2.57. The smallest absolute Gasteiger partial charge is 0.0753 e. The maximum Gasteiger partial charge on any atom is 0.0753 e. The average molecular weight is 183 g/mol. The summed E-state index contributed by atoms with van der Waals surface area (Å²) in [5.74, 6) is 0. The molecule has 2 aliphatic rings. The Hall–Kier alpha value is -0.0800. The van der Waals surface area contributed by atoms with Crippen molar-refractivity contribution in [2.75, 3.05) is 26.2 Å². The van der Waals surface area contributed by atoms with Crippen LogP contribution in [-0.4, -0.2) is 36.7 Å². The molecule has 0 aromatic heterocycles. The van der Waals surface area contributed by atoms with Crippen LogP contribution in [0.15, 0.2) is 0 Å². The first-order valence-corrected chi connectivity index (χ1v) is 5.36. The van der Waals surface area contributed by atoms with Crippen LogP contribution < -0.4 is 0 Å². The van der Waals surface area contributed by atoms with Gasteiger partial charge < -0.3 is 4.74 Å². The predicted molar refractivity (Wildman–Crippen MR) is 53.8 cm³/mol. The second kappa shape index (κ2) is 2.96. The molecule has 2 fully saturated rings. The Morgan fingerprint density at radius 2 is 1.92 bits per heavy atom. The highest BCUT2D eigenvalue weighted by Crippen LogP contribution is 2.45. The van der Waals surface area contributed by atoms with E-state index in [1.54, 1.807) is 0 Å². The topological polar surface area (TPSA) is 12.5 Å². The maximum absolute atomic E-state index is 5.69. The summed E-state index contributed by atoms with van der Waals surface area (Å²) in [6.07, 6.45) is 2.84. The summed E-state index contributed by atoms with van der Waals surface area (Å²) in [5.41, 5.74) is 0.719. The van der Waals surface area contributed by atoms with Gasteiger partial charge in [-0.3, -0.25) is 4.90 Å². The van der Waals surface area contributed by atoms with Crippen molar-refractivity contribution in [3.63, 3.8) is 0 Å². The van der Waals surface area contributed by atoms with E-state index in [1.807, 2.05) is 0 Å². The van der Waals surface area contributed by atoms with Crippen molar-refractivity contribution in [3.8, 4) is 0 Å². The second-order valence-corrected chi connectivity index (χ2v) is 5.63. The number of rotatable bonds is 2. The molecule has 0 radical (unpaired) electrons. The van der Waals surface area contributed by atoms with Crippen LogP contribution in [0.3, 0.4) is 0 Å². The average Bonchev–Trinajstić information content (AvgIpc) is 2.65. The Morgan fingerprint density at radius 3 is 2.46 bits per heavy atom. The maximum atomic E-state index is 5.69. The first kappa shape index (κ1) is 9.47. The first-order chi connectivity index (χ1) is 5.99. The van der Waals surface area contributed by atoms with Gasteiger partial charge in [0, 0.05) is 19.6 Å². The minimum atomic E-state index is 0.0729. The standard InChI is InChI=1S/C11H21NO/c1-10(2)8-12(6-7-13-10)9-11(3)4-5-11/h4-9H2,1-3H3. The molecule has 0 unspecified atom stereocenters. The fraction of sp³-hybridized carbons (Fsp3) is 1.00. The summed E-state index contributed by atoms with van der Waals surface area (Å²) < 4.78 is 5.69. The van der Waals surface area contributed by atoms with Crippen LogP contribution in [0.4, 0.5) is 0 Å². The molecule has 1 saturated carbocycles. The highest BCUT2D eigenvalue weighted by Gasteiger charge is 2.40. The van der Waals surface area contributed by atoms with Crippen LogP contribution in [0, 0.1) is 5.41 Å². The minimum absolute atomic E-state index is 0.0729. The highest BCUT2D eigenvalue weighted by atomic mass is 16.5. The molecule has 0 spiro atoms. The molecular formula is C11H21NO. The molecule has 1 aliphatic heterocycles. The monoisotopic (exact) mass is 183 g/mol. The van der Waals surface area contributed by atoms with Crippen LogP contribution in [0.1, 0.15) is 33.6 Å². The van der Waals surface area contributed by atoms with E-state index in [-0.39, 0.29) is 5.60 Å². The highest BCUT2D eigenvalue weighted by molar-refractivity contribution is 4.93. The number of morpholine rings is 1. The number of hydrogen-bond donors (Lipinski definition) is 0. The molecule has 1 aliphatic carbocycles. The van der Waals surface area contributed by atoms with Crippen molar-refractivity contribution in [1.82, 2.24) is 4.90 Å². The summed E-state index contributed by atoms with van der Waals surface area (Å²) in [6.45, 7) is 11.2. The van der Waals surface area contributed by atoms with E-state index in [0.29, 0.717) is 5.41 Å². The third-order valence-electron chi connectivity index (χ3n) is 3.21. The molecule has 1 heterocycles. The van der Waals surface area contributed by atoms with Crippen LogP contribution in [0.2, 0.25) is 0 Å². The zero-order chi connectivity index (χ0) is 9.53. The van der Waals surface area contributed by atoms with Gasteiger partial charge in [0.05, 0.1) is 12.2 Å². The molecule has 2 nitrogen and oxygen atoms in total. The first-order valence-electron chi connectivity index (χ1n) is 5.36. The predicted octanol–water partition coefficient (Wildman–Crippen LogP) is 1.90. The van der Waals surface area contributed by atoms with E-state index >= 15 is 0 Å². The fourth-order valence-corrected chi connectivity index (χ4v) is 2.16. The normalized spacial score (nSPS) is 31.6. The van der Waals surface area contributed by atoms with E-state index in [1.165, 1.54) is 19.4 Å². The van der Waals surface area contributed by atoms with Crippen molar-refractivity contribution in [2.24, 2.45) is 5.41 Å². The fourth-order valence-electron chi connectivity index (χ4n) is 2.16. The van der Waals surface area contributed by atoms with Gasteiger partial charge in [0.1, 0.15) is 0 Å². The van der Waals surface area contributed by atoms with E-state index in [9.17, 15) is 0 Å². The largest absolute Gasteiger partial charge is 0.373 e. The molecule has 13 heavy (non-hydrogen) atoms. The second-order valence-electron chi connectivity index (χ2n) is 5.63. The van der Waals surface area contributed by atoms with Crippen LogP contribution in [-0.2, 0) is 4.74 Å². The molecule has 0 N–H and O–H groups in total. The number of ether oxygens (including phenoxy) is 1. The van der Waals surface area contributed by atoms with Gasteiger partial charge in [0.25, 0.3) is 0 Å². The third-order valence-corrected chi connectivity index (χ3v) is 3.21. The zero-order valence-corrected chi connectivity index (χ0v) is 9.10. The lowest BCUT2D eigenvalue weighted by Crippen LogP contribution is -2.49. The summed E-state index contributed by atoms with van der Waals surface area (Å²) >= 11 is 0. The molecule has 2 heteroatoms. The molecule has 76 valence electrons. The lowest BCUT2D eigenvalue weighted by atomic mass is 10.0. The van der Waals surface area contributed by atoms with Crippen molar-refractivity contribution in [1.29, 1.82) is 0 Å². The van der Waals surface area contributed by atoms with E-state index in [2.05, 4.69) is 25.7 Å². The summed E-state index contributed by atoms with van der Waals surface area (Å²) in [6, 6.07) is 0. The molecule has 0 aromatic carbocycles. The Bertz CT molecular complexity index is 194. The molecule has 0 bridgehead atoms. The van der Waals surface area contributed by atoms with Gasteiger partial charge in [-0.25, -0.2) is 0 Å². The van der Waals surface area contributed by atoms with Crippen LogP contribution in [0.5, 0.6) is 0 Å². The molecule has 1 saturated heterocycles. The molecule has 0 aromatic rings. The van der Waals surface area contributed by atoms with Gasteiger partial charge in [0.2, 0.25) is 0 Å². The van der Waals surface area contributed by atoms with Gasteiger partial charge in [-0.2, -0.15) is 0 Å². The number of hydrogen-bond acceptors (Lipinski definition) is 2.